The number of aliphatic carboxylic acids is 2. The first-order valence-electron chi connectivity index (χ1n) is 15.3. The van der Waals surface area contributed by atoms with Crippen LogP contribution in [-0.2, 0) is 33.6 Å². The molecular formula is C30H47N9O11. The van der Waals surface area contributed by atoms with Crippen LogP contribution < -0.4 is 44.2 Å². The third-order valence-electron chi connectivity index (χ3n) is 7.24. The fourth-order valence-electron chi connectivity index (χ4n) is 4.54. The molecule has 0 fully saturated rings. The molecule has 20 heteroatoms. The second-order valence-electron chi connectivity index (χ2n) is 12.5. The third kappa shape index (κ3) is 13.5. The maximum Gasteiger partial charge on any atom is 0.326 e. The van der Waals surface area contributed by atoms with Gasteiger partial charge >= 0.3 is 11.9 Å². The van der Waals surface area contributed by atoms with Crippen molar-refractivity contribution in [3.8, 4) is 11.5 Å². The lowest BCUT2D eigenvalue weighted by atomic mass is 9.85. The van der Waals surface area contributed by atoms with E-state index in [0.717, 1.165) is 12.1 Å². The predicted octanol–water partition coefficient (Wildman–Crippen LogP) is -2.73. The van der Waals surface area contributed by atoms with Crippen molar-refractivity contribution in [2.45, 2.75) is 90.0 Å². The van der Waals surface area contributed by atoms with Gasteiger partial charge in [0.1, 0.15) is 35.7 Å². The zero-order valence-electron chi connectivity index (χ0n) is 28.2. The molecule has 5 unspecified atom stereocenters. The van der Waals surface area contributed by atoms with Crippen molar-refractivity contribution >= 4 is 47.4 Å². The van der Waals surface area contributed by atoms with Gasteiger partial charge in [-0.1, -0.05) is 20.8 Å². The number of carboxylic acid groups (broad SMARTS) is 2. The Labute approximate surface area is 287 Å². The SMILES string of the molecule is Cc1c(O)cc(C(N=C(N)N)C(=O)NC(CC(N)=O)C(=O)NC(C(=O)NC(CCCCN)C(=O)NC(CC(=O)O)C(=O)O)C(C)(C)C)cc1O. The number of primary amides is 1. The van der Waals surface area contributed by atoms with Crippen molar-refractivity contribution in [2.75, 3.05) is 6.54 Å². The molecule has 20 nitrogen and oxygen atoms in total. The Morgan fingerprint density at radius 1 is 0.760 bits per heavy atom. The first kappa shape index (κ1) is 42.4. The topological polar surface area (TPSA) is 365 Å². The first-order valence-corrected chi connectivity index (χ1v) is 15.3. The van der Waals surface area contributed by atoms with Gasteiger partial charge in [0.25, 0.3) is 0 Å². The third-order valence-corrected chi connectivity index (χ3v) is 7.24. The molecule has 0 spiro atoms. The van der Waals surface area contributed by atoms with E-state index in [-0.39, 0.29) is 24.1 Å². The van der Waals surface area contributed by atoms with E-state index in [0.29, 0.717) is 12.8 Å². The van der Waals surface area contributed by atoms with E-state index in [1.54, 1.807) is 20.8 Å². The molecule has 1 aromatic rings. The Morgan fingerprint density at radius 3 is 1.74 bits per heavy atom. The summed E-state index contributed by atoms with van der Waals surface area (Å²) < 4.78 is 0. The van der Waals surface area contributed by atoms with E-state index < -0.39 is 107 Å². The van der Waals surface area contributed by atoms with Crippen molar-refractivity contribution in [2.24, 2.45) is 33.3 Å². The number of benzene rings is 1. The molecule has 0 radical (unpaired) electrons. The highest BCUT2D eigenvalue weighted by atomic mass is 16.4. The summed E-state index contributed by atoms with van der Waals surface area (Å²) in [4.78, 5) is 92.1. The number of nitrogens with one attached hydrogen (secondary N) is 4. The average molecular weight is 710 g/mol. The molecule has 16 N–H and O–H groups in total. The minimum atomic E-state index is -1.80. The maximum absolute atomic E-state index is 13.6. The number of guanidine groups is 1. The summed E-state index contributed by atoms with van der Waals surface area (Å²) in [5.74, 6) is -9.56. The van der Waals surface area contributed by atoms with Gasteiger partial charge in [-0.2, -0.15) is 0 Å². The molecule has 0 aromatic heterocycles. The van der Waals surface area contributed by atoms with E-state index in [1.165, 1.54) is 6.92 Å². The van der Waals surface area contributed by atoms with Gasteiger partial charge < -0.3 is 64.6 Å². The van der Waals surface area contributed by atoms with E-state index >= 15 is 0 Å². The molecule has 0 heterocycles. The van der Waals surface area contributed by atoms with Crippen LogP contribution in [0.2, 0.25) is 0 Å². The normalized spacial score (nSPS) is 14.1. The van der Waals surface area contributed by atoms with Crippen molar-refractivity contribution < 1.29 is 54.0 Å². The Morgan fingerprint density at radius 2 is 1.28 bits per heavy atom. The van der Waals surface area contributed by atoms with Gasteiger partial charge in [-0.25, -0.2) is 9.79 Å². The second kappa shape index (κ2) is 18.8. The van der Waals surface area contributed by atoms with Gasteiger partial charge in [-0.3, -0.25) is 28.8 Å². The highest BCUT2D eigenvalue weighted by Gasteiger charge is 2.38. The number of carbonyl (C=O) groups excluding carboxylic acids is 5. The number of unbranched alkanes of at least 4 members (excludes halogenated alkanes) is 1. The van der Waals surface area contributed by atoms with Crippen LogP contribution >= 0.6 is 0 Å². The smallest absolute Gasteiger partial charge is 0.326 e. The van der Waals surface area contributed by atoms with Crippen molar-refractivity contribution in [3.05, 3.63) is 23.3 Å². The number of rotatable bonds is 19. The minimum absolute atomic E-state index is 0.0321. The Hall–Kier alpha value is -5.66. The van der Waals surface area contributed by atoms with Gasteiger partial charge in [0, 0.05) is 5.56 Å². The molecule has 0 bridgehead atoms. The monoisotopic (exact) mass is 709 g/mol. The number of aliphatic imine (C=N–C) groups is 1. The molecular weight excluding hydrogens is 662 g/mol. The summed E-state index contributed by atoms with van der Waals surface area (Å²) >= 11 is 0. The predicted molar refractivity (Wildman–Crippen MR) is 177 cm³/mol. The average Bonchev–Trinajstić information content (AvgIpc) is 2.98. The molecule has 1 aromatic carbocycles. The first-order chi connectivity index (χ1) is 23.1. The Balaban J connectivity index is 3.40. The lowest BCUT2D eigenvalue weighted by Gasteiger charge is -2.33. The number of phenolic OH excluding ortho intramolecular Hbond substituents is 2. The van der Waals surface area contributed by atoms with E-state index in [1.807, 2.05) is 0 Å². The summed E-state index contributed by atoms with van der Waals surface area (Å²) in [5.41, 5.74) is 20.8. The van der Waals surface area contributed by atoms with Crippen LogP contribution in [0.4, 0.5) is 0 Å². The van der Waals surface area contributed by atoms with E-state index in [2.05, 4.69) is 26.3 Å². The molecule has 0 aliphatic heterocycles. The summed E-state index contributed by atoms with van der Waals surface area (Å²) in [6.45, 7) is 6.31. The summed E-state index contributed by atoms with van der Waals surface area (Å²) in [5, 5.41) is 48.0. The molecule has 1 rings (SSSR count). The molecule has 0 saturated heterocycles. The van der Waals surface area contributed by atoms with Crippen molar-refractivity contribution in [1.29, 1.82) is 0 Å². The number of carboxylic acids is 2. The Bertz CT molecular complexity index is 1450. The van der Waals surface area contributed by atoms with Gasteiger partial charge in [-0.05, 0) is 55.8 Å². The van der Waals surface area contributed by atoms with E-state index in [4.69, 9.17) is 28.0 Å². The lowest BCUT2D eigenvalue weighted by Crippen LogP contribution is -2.61. The fourth-order valence-corrected chi connectivity index (χ4v) is 4.54. The number of hydrogen-bond acceptors (Lipinski definition) is 11. The van der Waals surface area contributed by atoms with Crippen molar-refractivity contribution in [1.82, 2.24) is 21.3 Å². The highest BCUT2D eigenvalue weighted by Crippen LogP contribution is 2.32. The van der Waals surface area contributed by atoms with E-state index in [9.17, 15) is 48.9 Å². The fraction of sp³-hybridized carbons (Fsp3) is 0.533. The van der Waals surface area contributed by atoms with Crippen LogP contribution in [0.3, 0.4) is 0 Å². The highest BCUT2D eigenvalue weighted by molar-refractivity contribution is 5.98. The van der Waals surface area contributed by atoms with Crippen LogP contribution in [0, 0.1) is 12.3 Å². The summed E-state index contributed by atoms with van der Waals surface area (Å²) in [7, 11) is 0. The van der Waals surface area contributed by atoms with Gasteiger partial charge in [-0.15, -0.1) is 0 Å². The zero-order valence-corrected chi connectivity index (χ0v) is 28.2. The standard InChI is InChI=1S/C30H47N9O11/c1-13-18(40)9-14(10-19(13)41)22(38-29(33)34)26(47)36-16(11-20(32)42)25(46)39-23(30(2,3)4)27(48)35-15(7-5-6-8-31)24(45)37-17(28(49)50)12-21(43)44/h9-10,15-17,22-23,40-41H,5-8,11-12,31H2,1-4H3,(H2,32,42)(H,35,48)(H,36,47)(H,37,45)(H,39,46)(H,43,44)(H,49,50)(H4,33,34,38). The second-order valence-corrected chi connectivity index (χ2v) is 12.5. The number of carbonyl (C=O) groups is 7. The maximum atomic E-state index is 13.6. The van der Waals surface area contributed by atoms with Gasteiger partial charge in [0.2, 0.25) is 29.5 Å². The summed E-state index contributed by atoms with van der Waals surface area (Å²) in [6.07, 6.45) is -1.00. The molecule has 278 valence electrons. The van der Waals surface area contributed by atoms with Crippen molar-refractivity contribution in [3.63, 3.8) is 0 Å². The zero-order chi connectivity index (χ0) is 38.5. The molecule has 5 amide bonds. The molecule has 50 heavy (non-hydrogen) atoms. The number of nitrogens with zero attached hydrogens (tertiary/aromatic N) is 1. The number of hydrogen-bond donors (Lipinski definition) is 12. The number of nitrogens with two attached hydrogens (primary N) is 4. The molecule has 0 saturated carbocycles. The number of phenols is 2. The minimum Gasteiger partial charge on any atom is -0.508 e. The number of aromatic hydroxyl groups is 2. The van der Waals surface area contributed by atoms with Crippen LogP contribution in [0.1, 0.15) is 70.0 Å². The quantitative estimate of drug-likeness (QED) is 0.0394. The molecule has 5 atom stereocenters. The van der Waals surface area contributed by atoms with Crippen LogP contribution in [0.5, 0.6) is 11.5 Å². The Kier molecular flexibility index (Phi) is 15.9. The molecule has 0 aliphatic rings. The van der Waals surface area contributed by atoms with Gasteiger partial charge in [0.15, 0.2) is 12.0 Å². The lowest BCUT2D eigenvalue weighted by molar-refractivity contribution is -0.147. The van der Waals surface area contributed by atoms with Crippen LogP contribution in [0.15, 0.2) is 17.1 Å². The molecule has 0 aliphatic carbocycles. The largest absolute Gasteiger partial charge is 0.508 e. The number of amides is 5. The summed E-state index contributed by atoms with van der Waals surface area (Å²) in [6, 6.07) is -5.76. The van der Waals surface area contributed by atoms with Crippen LogP contribution in [0.25, 0.3) is 0 Å². The van der Waals surface area contributed by atoms with Gasteiger partial charge in [0.05, 0.1) is 12.8 Å². The van der Waals surface area contributed by atoms with Crippen LogP contribution in [-0.4, -0.2) is 98.6 Å².